The third-order valence-corrected chi connectivity index (χ3v) is 3.69. The first-order valence-electron chi connectivity index (χ1n) is 6.05. The number of benzene rings is 1. The number of carbonyl (C=O) groups excluding carboxylic acids is 1. The van der Waals surface area contributed by atoms with E-state index in [0.29, 0.717) is 6.54 Å². The minimum absolute atomic E-state index is 0.0507. The highest BCUT2D eigenvalue weighted by molar-refractivity contribution is 7.90. The Morgan fingerprint density at radius 3 is 2.26 bits per heavy atom. The van der Waals surface area contributed by atoms with Crippen molar-refractivity contribution in [1.29, 1.82) is 0 Å². The van der Waals surface area contributed by atoms with Crippen LogP contribution in [0.3, 0.4) is 0 Å². The molecule has 0 saturated heterocycles. The summed E-state index contributed by atoms with van der Waals surface area (Å²) in [5.41, 5.74) is 7.37. The van der Waals surface area contributed by atoms with Gasteiger partial charge in [-0.3, -0.25) is 4.79 Å². The summed E-state index contributed by atoms with van der Waals surface area (Å²) in [5.74, 6) is -0.234. The van der Waals surface area contributed by atoms with E-state index in [9.17, 15) is 13.2 Å². The third kappa shape index (κ3) is 6.35. The van der Waals surface area contributed by atoms with Crippen molar-refractivity contribution in [3.8, 4) is 0 Å². The second kappa shape index (κ2) is 6.68. The minimum Gasteiger partial charge on any atom is -0.352 e. The first-order chi connectivity index (χ1) is 8.80. The Labute approximate surface area is 114 Å². The average molecular weight is 284 g/mol. The van der Waals surface area contributed by atoms with Gasteiger partial charge in [-0.1, -0.05) is 24.3 Å². The summed E-state index contributed by atoms with van der Waals surface area (Å²) >= 11 is 0. The highest BCUT2D eigenvalue weighted by atomic mass is 32.2. The predicted molar refractivity (Wildman–Crippen MR) is 75.4 cm³/mol. The zero-order valence-electron chi connectivity index (χ0n) is 11.2. The van der Waals surface area contributed by atoms with Crippen molar-refractivity contribution in [3.63, 3.8) is 0 Å². The van der Waals surface area contributed by atoms with E-state index in [2.05, 4.69) is 5.32 Å². The van der Waals surface area contributed by atoms with Crippen molar-refractivity contribution >= 4 is 15.7 Å². The lowest BCUT2D eigenvalue weighted by molar-refractivity contribution is -0.120. The second-order valence-corrected chi connectivity index (χ2v) is 6.94. The average Bonchev–Trinajstić information content (AvgIpc) is 2.27. The van der Waals surface area contributed by atoms with Gasteiger partial charge in [-0.15, -0.1) is 0 Å². The van der Waals surface area contributed by atoms with Gasteiger partial charge in [0.25, 0.3) is 0 Å². The lowest BCUT2D eigenvalue weighted by Crippen LogP contribution is -2.38. The molecule has 0 aliphatic heterocycles. The van der Waals surface area contributed by atoms with Crippen LogP contribution in [0.25, 0.3) is 0 Å². The van der Waals surface area contributed by atoms with Gasteiger partial charge >= 0.3 is 0 Å². The molecule has 6 heteroatoms. The van der Waals surface area contributed by atoms with Gasteiger partial charge in [0.05, 0.1) is 12.2 Å². The van der Waals surface area contributed by atoms with E-state index in [1.807, 2.05) is 24.3 Å². The molecule has 1 atom stereocenters. The summed E-state index contributed by atoms with van der Waals surface area (Å²) in [6.07, 6.45) is 1.39. The first kappa shape index (κ1) is 15.7. The topological polar surface area (TPSA) is 89.3 Å². The Kier molecular flexibility index (Phi) is 5.50. The molecule has 0 spiro atoms. The number of hydrogen-bond acceptors (Lipinski definition) is 4. The molecule has 0 radical (unpaired) electrons. The van der Waals surface area contributed by atoms with Crippen LogP contribution in [0.2, 0.25) is 0 Å². The lowest BCUT2D eigenvalue weighted by Gasteiger charge is -2.12. The molecule has 106 valence electrons. The molecule has 0 heterocycles. The largest absolute Gasteiger partial charge is 0.352 e. The van der Waals surface area contributed by atoms with Crippen LogP contribution in [0.5, 0.6) is 0 Å². The summed E-state index contributed by atoms with van der Waals surface area (Å²) < 4.78 is 22.2. The summed E-state index contributed by atoms with van der Waals surface area (Å²) in [4.78, 5) is 11.7. The maximum atomic E-state index is 11.7. The number of amides is 1. The summed E-state index contributed by atoms with van der Waals surface area (Å²) in [6, 6.07) is 7.07. The maximum absolute atomic E-state index is 11.7. The number of nitrogens with one attached hydrogen (secondary N) is 1. The van der Waals surface area contributed by atoms with Crippen molar-refractivity contribution in [1.82, 2.24) is 5.32 Å². The number of hydrogen-bond donors (Lipinski definition) is 2. The van der Waals surface area contributed by atoms with Crippen LogP contribution in [0.15, 0.2) is 24.3 Å². The van der Waals surface area contributed by atoms with Gasteiger partial charge in [-0.2, -0.15) is 0 Å². The standard InChI is InChI=1S/C13H20N2O3S/c1-10(9-19(2,17)18)15-13(16)7-11-3-5-12(8-14)6-4-11/h3-6,10H,7-9,14H2,1-2H3,(H,15,16). The zero-order chi connectivity index (χ0) is 14.5. The second-order valence-electron chi connectivity index (χ2n) is 4.76. The van der Waals surface area contributed by atoms with Crippen LogP contribution >= 0.6 is 0 Å². The van der Waals surface area contributed by atoms with Gasteiger partial charge in [0, 0.05) is 18.8 Å². The SMILES string of the molecule is CC(CS(C)(=O)=O)NC(=O)Cc1ccc(CN)cc1. The molecule has 1 aromatic carbocycles. The lowest BCUT2D eigenvalue weighted by atomic mass is 10.1. The van der Waals surface area contributed by atoms with Crippen LogP contribution < -0.4 is 11.1 Å². The Bertz CT molecular complexity index is 523. The Hall–Kier alpha value is -1.40. The molecule has 19 heavy (non-hydrogen) atoms. The van der Waals surface area contributed by atoms with Crippen LogP contribution in [0, 0.1) is 0 Å². The molecule has 1 unspecified atom stereocenters. The molecule has 0 aromatic heterocycles. The molecule has 0 aliphatic carbocycles. The molecule has 0 aliphatic rings. The molecule has 1 amide bonds. The Balaban J connectivity index is 2.50. The fourth-order valence-corrected chi connectivity index (χ4v) is 2.79. The van der Waals surface area contributed by atoms with Crippen molar-refractivity contribution < 1.29 is 13.2 Å². The van der Waals surface area contributed by atoms with Crippen LogP contribution in [-0.4, -0.2) is 32.4 Å². The Morgan fingerprint density at radius 2 is 1.79 bits per heavy atom. The molecular formula is C13H20N2O3S. The van der Waals surface area contributed by atoms with E-state index in [0.717, 1.165) is 17.4 Å². The summed E-state index contributed by atoms with van der Waals surface area (Å²) in [6.45, 7) is 2.15. The number of rotatable bonds is 6. The summed E-state index contributed by atoms with van der Waals surface area (Å²) in [7, 11) is -3.08. The fraction of sp³-hybridized carbons (Fsp3) is 0.462. The van der Waals surface area contributed by atoms with E-state index in [-0.39, 0.29) is 24.1 Å². The highest BCUT2D eigenvalue weighted by Gasteiger charge is 2.13. The van der Waals surface area contributed by atoms with Gasteiger partial charge in [0.15, 0.2) is 0 Å². The molecular weight excluding hydrogens is 264 g/mol. The summed E-state index contributed by atoms with van der Waals surface area (Å²) in [5, 5.41) is 2.67. The monoisotopic (exact) mass is 284 g/mol. The van der Waals surface area contributed by atoms with Crippen molar-refractivity contribution in [2.45, 2.75) is 25.9 Å². The molecule has 0 saturated carbocycles. The molecule has 1 aromatic rings. The predicted octanol–water partition coefficient (Wildman–Crippen LogP) is 0.237. The Morgan fingerprint density at radius 1 is 1.26 bits per heavy atom. The maximum Gasteiger partial charge on any atom is 0.224 e. The first-order valence-corrected chi connectivity index (χ1v) is 8.11. The van der Waals surface area contributed by atoms with Gasteiger partial charge in [-0.25, -0.2) is 8.42 Å². The highest BCUT2D eigenvalue weighted by Crippen LogP contribution is 2.04. The molecule has 0 bridgehead atoms. The zero-order valence-corrected chi connectivity index (χ0v) is 12.0. The van der Waals surface area contributed by atoms with E-state index in [4.69, 9.17) is 5.73 Å². The van der Waals surface area contributed by atoms with E-state index < -0.39 is 9.84 Å². The molecule has 3 N–H and O–H groups in total. The quantitative estimate of drug-likeness (QED) is 0.783. The smallest absolute Gasteiger partial charge is 0.224 e. The van der Waals surface area contributed by atoms with Gasteiger partial charge in [0.1, 0.15) is 9.84 Å². The van der Waals surface area contributed by atoms with Gasteiger partial charge < -0.3 is 11.1 Å². The number of nitrogens with two attached hydrogens (primary N) is 1. The molecule has 1 rings (SSSR count). The van der Waals surface area contributed by atoms with Crippen molar-refractivity contribution in [3.05, 3.63) is 35.4 Å². The minimum atomic E-state index is -3.08. The van der Waals surface area contributed by atoms with Gasteiger partial charge in [-0.05, 0) is 18.1 Å². The third-order valence-electron chi connectivity index (χ3n) is 2.58. The van der Waals surface area contributed by atoms with Crippen LogP contribution in [-0.2, 0) is 27.6 Å². The van der Waals surface area contributed by atoms with Gasteiger partial charge in [0.2, 0.25) is 5.91 Å². The van der Waals surface area contributed by atoms with Crippen LogP contribution in [0.1, 0.15) is 18.1 Å². The molecule has 0 fully saturated rings. The number of sulfone groups is 1. The molecule has 5 nitrogen and oxygen atoms in total. The normalized spacial score (nSPS) is 13.0. The van der Waals surface area contributed by atoms with Crippen molar-refractivity contribution in [2.24, 2.45) is 5.73 Å². The van der Waals surface area contributed by atoms with E-state index in [1.54, 1.807) is 6.92 Å². The van der Waals surface area contributed by atoms with Crippen LogP contribution in [0.4, 0.5) is 0 Å². The van der Waals surface area contributed by atoms with Crippen molar-refractivity contribution in [2.75, 3.05) is 12.0 Å². The van der Waals surface area contributed by atoms with E-state index >= 15 is 0 Å². The number of carbonyl (C=O) groups is 1. The fourth-order valence-electron chi connectivity index (χ4n) is 1.80. The van der Waals surface area contributed by atoms with E-state index in [1.165, 1.54) is 0 Å².